The molecular weight excluding hydrogens is 292 g/mol. The van der Waals surface area contributed by atoms with Crippen molar-refractivity contribution < 1.29 is 4.52 Å². The molecule has 1 saturated heterocycles. The van der Waals surface area contributed by atoms with Crippen LogP contribution in [-0.2, 0) is 0 Å². The van der Waals surface area contributed by atoms with Crippen LogP contribution in [0.1, 0.15) is 18.0 Å². The summed E-state index contributed by atoms with van der Waals surface area (Å²) in [5, 5.41) is 4.90. The quantitative estimate of drug-likeness (QED) is 0.824. The molecule has 2 heterocycles. The molecule has 1 aromatic carbocycles. The van der Waals surface area contributed by atoms with Crippen LogP contribution in [0.25, 0.3) is 11.5 Å². The zero-order valence-corrected chi connectivity index (χ0v) is 12.7. The van der Waals surface area contributed by atoms with Gasteiger partial charge in [0.15, 0.2) is 5.82 Å². The van der Waals surface area contributed by atoms with Gasteiger partial charge >= 0.3 is 0 Å². The van der Waals surface area contributed by atoms with Crippen molar-refractivity contribution in [2.45, 2.75) is 17.4 Å². The summed E-state index contributed by atoms with van der Waals surface area (Å²) in [6.45, 7) is 2.20. The molecule has 1 aliphatic heterocycles. The van der Waals surface area contributed by atoms with E-state index in [0.29, 0.717) is 22.5 Å². The summed E-state index contributed by atoms with van der Waals surface area (Å²) in [5.41, 5.74) is 13.5. The Labute approximate surface area is 125 Å². The molecule has 4 N–H and O–H groups in total. The molecule has 1 aliphatic rings. The molecule has 2 atom stereocenters. The van der Waals surface area contributed by atoms with E-state index in [9.17, 15) is 0 Å². The van der Waals surface area contributed by atoms with Gasteiger partial charge in [-0.15, -0.1) is 11.8 Å². The maximum Gasteiger partial charge on any atom is 0.258 e. The van der Waals surface area contributed by atoms with Gasteiger partial charge in [-0.3, -0.25) is 0 Å². The number of nitrogens with two attached hydrogens (primary N) is 2. The molecule has 0 aliphatic carbocycles. The first-order valence-corrected chi connectivity index (χ1v) is 8.46. The molecule has 1 fully saturated rings. The Kier molecular flexibility index (Phi) is 3.80. The summed E-state index contributed by atoms with van der Waals surface area (Å²) in [6.07, 6.45) is 0. The lowest BCUT2D eigenvalue weighted by Crippen LogP contribution is -2.16. The minimum absolute atomic E-state index is 0.282. The van der Waals surface area contributed by atoms with Crippen LogP contribution >= 0.6 is 23.5 Å². The van der Waals surface area contributed by atoms with Crippen LogP contribution in [0.15, 0.2) is 22.7 Å². The predicted molar refractivity (Wildman–Crippen MR) is 85.7 cm³/mol. The number of nitrogens with zero attached hydrogens (tertiary/aromatic N) is 2. The second kappa shape index (κ2) is 5.57. The van der Waals surface area contributed by atoms with Crippen molar-refractivity contribution in [3.05, 3.63) is 24.0 Å². The lowest BCUT2D eigenvalue weighted by atomic mass is 10.2. The largest absolute Gasteiger partial charge is 0.399 e. The molecule has 0 bridgehead atoms. The second-order valence-electron chi connectivity index (χ2n) is 4.71. The predicted octanol–water partition coefficient (Wildman–Crippen LogP) is 2.81. The maximum absolute atomic E-state index is 5.79. The van der Waals surface area contributed by atoms with Crippen molar-refractivity contribution in [3.8, 4) is 11.5 Å². The first-order valence-electron chi connectivity index (χ1n) is 6.37. The van der Waals surface area contributed by atoms with E-state index in [-0.39, 0.29) is 5.25 Å². The first kappa shape index (κ1) is 13.6. The molecule has 106 valence electrons. The molecule has 2 aromatic rings. The monoisotopic (exact) mass is 308 g/mol. The van der Waals surface area contributed by atoms with Crippen LogP contribution < -0.4 is 11.5 Å². The third-order valence-corrected chi connectivity index (χ3v) is 6.20. The third kappa shape index (κ3) is 2.73. The highest BCUT2D eigenvalue weighted by molar-refractivity contribution is 8.06. The molecule has 3 rings (SSSR count). The van der Waals surface area contributed by atoms with Gasteiger partial charge in [-0.2, -0.15) is 16.7 Å². The topological polar surface area (TPSA) is 91.0 Å². The van der Waals surface area contributed by atoms with Gasteiger partial charge in [0.25, 0.3) is 5.89 Å². The molecule has 7 heteroatoms. The van der Waals surface area contributed by atoms with Crippen molar-refractivity contribution >= 4 is 34.9 Å². The van der Waals surface area contributed by atoms with Crippen LogP contribution in [0, 0.1) is 0 Å². The Hall–Kier alpha value is -1.34. The van der Waals surface area contributed by atoms with E-state index < -0.39 is 0 Å². The minimum atomic E-state index is 0.282. The van der Waals surface area contributed by atoms with Gasteiger partial charge in [0.05, 0.1) is 5.25 Å². The minimum Gasteiger partial charge on any atom is -0.399 e. The van der Waals surface area contributed by atoms with E-state index in [4.69, 9.17) is 16.0 Å². The van der Waals surface area contributed by atoms with Crippen molar-refractivity contribution in [1.29, 1.82) is 0 Å². The molecule has 0 amide bonds. The number of aromatic nitrogens is 2. The number of hydrogen-bond donors (Lipinski definition) is 2. The van der Waals surface area contributed by atoms with E-state index >= 15 is 0 Å². The van der Waals surface area contributed by atoms with Crippen LogP contribution in [0.2, 0.25) is 0 Å². The van der Waals surface area contributed by atoms with Gasteiger partial charge < -0.3 is 16.0 Å². The fourth-order valence-corrected chi connectivity index (χ4v) is 4.86. The molecule has 5 nitrogen and oxygen atoms in total. The van der Waals surface area contributed by atoms with Crippen LogP contribution in [-0.4, -0.2) is 26.9 Å². The van der Waals surface area contributed by atoms with Gasteiger partial charge in [0.1, 0.15) is 0 Å². The lowest BCUT2D eigenvalue weighted by Gasteiger charge is -2.24. The Morgan fingerprint density at radius 3 is 2.55 bits per heavy atom. The highest BCUT2D eigenvalue weighted by atomic mass is 32.2. The highest BCUT2D eigenvalue weighted by Crippen LogP contribution is 2.41. The van der Waals surface area contributed by atoms with Gasteiger partial charge in [-0.25, -0.2) is 0 Å². The maximum atomic E-state index is 5.79. The molecular formula is C13H16N4OS2. The van der Waals surface area contributed by atoms with Crippen LogP contribution in [0.3, 0.4) is 0 Å². The second-order valence-corrected chi connectivity index (χ2v) is 7.45. The van der Waals surface area contributed by atoms with E-state index in [2.05, 4.69) is 17.1 Å². The Morgan fingerprint density at radius 2 is 1.85 bits per heavy atom. The van der Waals surface area contributed by atoms with Gasteiger partial charge in [0, 0.05) is 33.7 Å². The van der Waals surface area contributed by atoms with Gasteiger partial charge in [-0.05, 0) is 18.2 Å². The summed E-state index contributed by atoms with van der Waals surface area (Å²) in [4.78, 5) is 4.51. The summed E-state index contributed by atoms with van der Waals surface area (Å²) >= 11 is 3.83. The smallest absolute Gasteiger partial charge is 0.258 e. The van der Waals surface area contributed by atoms with E-state index in [1.165, 1.54) is 5.75 Å². The molecule has 0 radical (unpaired) electrons. The number of hydrogen-bond acceptors (Lipinski definition) is 7. The van der Waals surface area contributed by atoms with Gasteiger partial charge in [0.2, 0.25) is 0 Å². The number of rotatable bonds is 2. The highest BCUT2D eigenvalue weighted by Gasteiger charge is 2.28. The average Bonchev–Trinajstić information content (AvgIpc) is 2.87. The molecule has 2 unspecified atom stereocenters. The molecule has 20 heavy (non-hydrogen) atoms. The third-order valence-electron chi connectivity index (χ3n) is 3.11. The fourth-order valence-electron chi connectivity index (χ4n) is 2.18. The Morgan fingerprint density at radius 1 is 1.15 bits per heavy atom. The normalized spacial score (nSPS) is 22.9. The SMILES string of the molecule is CC1SCCSC1c1noc(-c2cc(N)cc(N)c2)n1. The Bertz CT molecular complexity index is 596. The van der Waals surface area contributed by atoms with Gasteiger partial charge in [-0.1, -0.05) is 12.1 Å². The number of thioether (sulfide) groups is 2. The van der Waals surface area contributed by atoms with Crippen LogP contribution in [0.5, 0.6) is 0 Å². The summed E-state index contributed by atoms with van der Waals surface area (Å²) in [6, 6.07) is 5.29. The zero-order valence-electron chi connectivity index (χ0n) is 11.1. The summed E-state index contributed by atoms with van der Waals surface area (Å²) in [5.74, 6) is 3.53. The molecule has 1 aromatic heterocycles. The summed E-state index contributed by atoms with van der Waals surface area (Å²) in [7, 11) is 0. The van der Waals surface area contributed by atoms with Crippen LogP contribution in [0.4, 0.5) is 11.4 Å². The van der Waals surface area contributed by atoms with Crippen molar-refractivity contribution in [1.82, 2.24) is 10.1 Å². The number of anilines is 2. The van der Waals surface area contributed by atoms with E-state index in [1.807, 2.05) is 23.5 Å². The molecule has 0 saturated carbocycles. The lowest BCUT2D eigenvalue weighted by molar-refractivity contribution is 0.422. The first-order chi connectivity index (χ1) is 9.63. The summed E-state index contributed by atoms with van der Waals surface area (Å²) < 4.78 is 5.37. The van der Waals surface area contributed by atoms with Crippen molar-refractivity contribution in [2.75, 3.05) is 23.0 Å². The van der Waals surface area contributed by atoms with E-state index in [1.54, 1.807) is 18.2 Å². The zero-order chi connectivity index (χ0) is 14.1. The standard InChI is InChI=1S/C13H16N4OS2/c1-7-11(20-3-2-19-7)12-16-13(18-17-12)8-4-9(14)6-10(15)5-8/h4-7,11H,2-3,14-15H2,1H3. The Balaban J connectivity index is 1.89. The van der Waals surface area contributed by atoms with E-state index in [0.717, 1.165) is 17.1 Å². The van der Waals surface area contributed by atoms with Crippen molar-refractivity contribution in [2.24, 2.45) is 0 Å². The number of nitrogen functional groups attached to an aromatic ring is 2. The molecule has 0 spiro atoms. The van der Waals surface area contributed by atoms with Crippen molar-refractivity contribution in [3.63, 3.8) is 0 Å². The average molecular weight is 308 g/mol. The number of benzene rings is 1. The fraction of sp³-hybridized carbons (Fsp3) is 0.385.